The minimum Gasteiger partial charge on any atom is -0.355 e. The Morgan fingerprint density at radius 2 is 1.87 bits per heavy atom. The number of rotatable bonds is 5. The lowest BCUT2D eigenvalue weighted by Crippen LogP contribution is -2.20. The van der Waals surface area contributed by atoms with Gasteiger partial charge in [0.25, 0.3) is 11.8 Å². The molecule has 8 nitrogen and oxygen atoms in total. The molecule has 31 heavy (non-hydrogen) atoms. The summed E-state index contributed by atoms with van der Waals surface area (Å²) in [6.45, 7) is 1.97. The number of carbonyl (C=O) groups is 2. The normalized spacial score (nSPS) is 10.7. The molecule has 4 aromatic rings. The number of fused-ring (bicyclic) bond motifs is 1. The van der Waals surface area contributed by atoms with Crippen LogP contribution in [0.25, 0.3) is 5.65 Å². The quantitative estimate of drug-likeness (QED) is 0.399. The average molecular weight is 479 g/mol. The highest BCUT2D eigenvalue weighted by atomic mass is 79.9. The van der Waals surface area contributed by atoms with Gasteiger partial charge in [-0.2, -0.15) is 0 Å². The summed E-state index contributed by atoms with van der Waals surface area (Å²) in [5, 5.41) is 8.62. The fourth-order valence-corrected chi connectivity index (χ4v) is 3.49. The molecule has 0 unspecified atom stereocenters. The summed E-state index contributed by atoms with van der Waals surface area (Å²) in [6, 6.07) is 13.0. The molecule has 0 aliphatic carbocycles. The van der Waals surface area contributed by atoms with Crippen molar-refractivity contribution >= 4 is 50.6 Å². The van der Waals surface area contributed by atoms with Gasteiger partial charge in [0.1, 0.15) is 5.69 Å². The van der Waals surface area contributed by atoms with Crippen molar-refractivity contribution in [3.8, 4) is 0 Å². The second-order valence-corrected chi connectivity index (χ2v) is 7.66. The zero-order valence-corrected chi connectivity index (χ0v) is 18.4. The van der Waals surface area contributed by atoms with E-state index in [0.29, 0.717) is 22.7 Å². The number of nitrogens with zero attached hydrogens (tertiary/aromatic N) is 3. The van der Waals surface area contributed by atoms with E-state index in [-0.39, 0.29) is 11.6 Å². The van der Waals surface area contributed by atoms with Gasteiger partial charge in [-0.15, -0.1) is 0 Å². The number of anilines is 3. The number of hydrogen-bond acceptors (Lipinski definition) is 5. The van der Waals surface area contributed by atoms with Crippen LogP contribution in [-0.4, -0.2) is 33.2 Å². The van der Waals surface area contributed by atoms with Crippen molar-refractivity contribution in [3.63, 3.8) is 0 Å². The molecular weight excluding hydrogens is 460 g/mol. The number of aryl methyl sites for hydroxylation is 1. The summed E-state index contributed by atoms with van der Waals surface area (Å²) < 4.78 is 2.53. The number of hydrogen-bond donors (Lipinski definition) is 3. The molecule has 0 fully saturated rings. The third-order valence-electron chi connectivity index (χ3n) is 4.69. The first-order chi connectivity index (χ1) is 15.0. The van der Waals surface area contributed by atoms with Crippen LogP contribution in [0.2, 0.25) is 0 Å². The Balaban J connectivity index is 1.70. The highest BCUT2D eigenvalue weighted by Crippen LogP contribution is 2.27. The summed E-state index contributed by atoms with van der Waals surface area (Å²) >= 11 is 3.44. The zero-order valence-electron chi connectivity index (χ0n) is 16.8. The number of carbonyl (C=O) groups excluding carboxylic acids is 2. The smallest absolute Gasteiger partial charge is 0.275 e. The fourth-order valence-electron chi connectivity index (χ4n) is 3.04. The predicted octanol–water partition coefficient (Wildman–Crippen LogP) is 4.16. The number of amides is 2. The Morgan fingerprint density at radius 3 is 2.61 bits per heavy atom. The summed E-state index contributed by atoms with van der Waals surface area (Å²) in [5.41, 5.74) is 3.41. The number of benzene rings is 1. The SMILES string of the molecule is CNC(=O)c1cnc(Nc2ccccc2C)c(NC(=O)c2cn3cccc(Br)c3n2)c1. The first-order valence-corrected chi connectivity index (χ1v) is 10.2. The van der Waals surface area contributed by atoms with Crippen LogP contribution in [-0.2, 0) is 0 Å². The molecule has 2 amide bonds. The minimum atomic E-state index is -0.417. The van der Waals surface area contributed by atoms with Crippen LogP contribution < -0.4 is 16.0 Å². The van der Waals surface area contributed by atoms with E-state index in [1.807, 2.05) is 49.5 Å². The lowest BCUT2D eigenvalue weighted by molar-refractivity contribution is 0.0961. The first-order valence-electron chi connectivity index (χ1n) is 9.45. The molecule has 0 radical (unpaired) electrons. The zero-order chi connectivity index (χ0) is 22.0. The highest BCUT2D eigenvalue weighted by Gasteiger charge is 2.17. The average Bonchev–Trinajstić information content (AvgIpc) is 3.22. The summed E-state index contributed by atoms with van der Waals surface area (Å²) in [7, 11) is 1.54. The summed E-state index contributed by atoms with van der Waals surface area (Å²) in [6.07, 6.45) is 4.90. The number of para-hydroxylation sites is 1. The molecule has 0 spiro atoms. The maximum atomic E-state index is 13.0. The Kier molecular flexibility index (Phi) is 5.68. The molecular formula is C22H19BrN6O2. The van der Waals surface area contributed by atoms with E-state index in [1.54, 1.807) is 16.7 Å². The molecule has 3 N–H and O–H groups in total. The second-order valence-electron chi connectivity index (χ2n) is 6.81. The van der Waals surface area contributed by atoms with Gasteiger partial charge in [-0.25, -0.2) is 9.97 Å². The topological polar surface area (TPSA) is 100 Å². The van der Waals surface area contributed by atoms with Gasteiger partial charge in [0.15, 0.2) is 11.5 Å². The van der Waals surface area contributed by atoms with Gasteiger partial charge in [0, 0.05) is 31.3 Å². The number of halogens is 1. The fraction of sp³-hybridized carbons (Fsp3) is 0.0909. The van der Waals surface area contributed by atoms with Crippen LogP contribution >= 0.6 is 15.9 Å². The van der Waals surface area contributed by atoms with Gasteiger partial charge in [-0.1, -0.05) is 18.2 Å². The van der Waals surface area contributed by atoms with Gasteiger partial charge >= 0.3 is 0 Å². The molecule has 9 heteroatoms. The lowest BCUT2D eigenvalue weighted by Gasteiger charge is -2.14. The second kappa shape index (κ2) is 8.57. The molecule has 0 saturated heterocycles. The van der Waals surface area contributed by atoms with E-state index in [0.717, 1.165) is 15.7 Å². The van der Waals surface area contributed by atoms with Crippen molar-refractivity contribution in [1.82, 2.24) is 19.7 Å². The largest absolute Gasteiger partial charge is 0.355 e. The van der Waals surface area contributed by atoms with Crippen molar-refractivity contribution in [1.29, 1.82) is 0 Å². The van der Waals surface area contributed by atoms with Crippen LogP contribution in [0.3, 0.4) is 0 Å². The van der Waals surface area contributed by atoms with Crippen molar-refractivity contribution in [2.24, 2.45) is 0 Å². The standard InChI is InChI=1S/C22H19BrN6O2/c1-13-6-3-4-8-16(13)26-19-17(10-14(11-25-19)21(30)24-2)28-22(31)18-12-29-9-5-7-15(23)20(29)27-18/h3-12H,1-2H3,(H,24,30)(H,25,26)(H,28,31). The van der Waals surface area contributed by atoms with E-state index >= 15 is 0 Å². The first kappa shape index (κ1) is 20.5. The van der Waals surface area contributed by atoms with Crippen molar-refractivity contribution < 1.29 is 9.59 Å². The Bertz CT molecular complexity index is 1300. The summed E-state index contributed by atoms with van der Waals surface area (Å²) in [4.78, 5) is 33.8. The van der Waals surface area contributed by atoms with E-state index in [1.165, 1.54) is 13.2 Å². The number of nitrogens with one attached hydrogen (secondary N) is 3. The van der Waals surface area contributed by atoms with Crippen molar-refractivity contribution in [2.75, 3.05) is 17.7 Å². The van der Waals surface area contributed by atoms with Crippen LogP contribution in [0.1, 0.15) is 26.4 Å². The molecule has 1 aromatic carbocycles. The van der Waals surface area contributed by atoms with E-state index < -0.39 is 5.91 Å². The molecule has 0 bridgehead atoms. The minimum absolute atomic E-state index is 0.235. The van der Waals surface area contributed by atoms with Gasteiger partial charge in [-0.3, -0.25) is 9.59 Å². The molecule has 156 valence electrons. The van der Waals surface area contributed by atoms with Gasteiger partial charge in [-0.05, 0) is 52.7 Å². The third kappa shape index (κ3) is 4.26. The predicted molar refractivity (Wildman–Crippen MR) is 123 cm³/mol. The van der Waals surface area contributed by atoms with Gasteiger partial charge < -0.3 is 20.4 Å². The molecule has 0 atom stereocenters. The number of pyridine rings is 2. The van der Waals surface area contributed by atoms with Crippen LogP contribution in [0.5, 0.6) is 0 Å². The molecule has 0 aliphatic rings. The molecule has 3 aromatic heterocycles. The molecule has 0 aliphatic heterocycles. The Hall–Kier alpha value is -3.72. The maximum absolute atomic E-state index is 13.0. The van der Waals surface area contributed by atoms with Crippen molar-refractivity contribution in [2.45, 2.75) is 6.92 Å². The van der Waals surface area contributed by atoms with Crippen LogP contribution in [0, 0.1) is 6.92 Å². The molecule has 3 heterocycles. The maximum Gasteiger partial charge on any atom is 0.275 e. The molecule has 4 rings (SSSR count). The van der Waals surface area contributed by atoms with E-state index in [9.17, 15) is 9.59 Å². The van der Waals surface area contributed by atoms with Crippen LogP contribution in [0.15, 0.2) is 65.5 Å². The number of aromatic nitrogens is 3. The lowest BCUT2D eigenvalue weighted by atomic mass is 10.2. The third-order valence-corrected chi connectivity index (χ3v) is 5.31. The monoisotopic (exact) mass is 478 g/mol. The van der Waals surface area contributed by atoms with E-state index in [4.69, 9.17) is 0 Å². The highest BCUT2D eigenvalue weighted by molar-refractivity contribution is 9.10. The van der Waals surface area contributed by atoms with Crippen molar-refractivity contribution in [3.05, 3.63) is 82.3 Å². The summed E-state index contributed by atoms with van der Waals surface area (Å²) in [5.74, 6) is -0.304. The number of imidazole rings is 1. The van der Waals surface area contributed by atoms with Gasteiger partial charge in [0.2, 0.25) is 0 Å². The van der Waals surface area contributed by atoms with Crippen LogP contribution in [0.4, 0.5) is 17.2 Å². The Morgan fingerprint density at radius 1 is 1.06 bits per heavy atom. The van der Waals surface area contributed by atoms with E-state index in [2.05, 4.69) is 41.8 Å². The molecule has 0 saturated carbocycles. The van der Waals surface area contributed by atoms with Gasteiger partial charge in [0.05, 0.1) is 15.7 Å². The Labute approximate surface area is 186 Å².